The fraction of sp³-hybridized carbons (Fsp3) is 0.545. The second-order valence-corrected chi connectivity index (χ2v) is 5.76. The molecule has 1 aliphatic rings. The van der Waals surface area contributed by atoms with Gasteiger partial charge in [0, 0.05) is 16.0 Å². The summed E-state index contributed by atoms with van der Waals surface area (Å²) in [4.78, 5) is 10.6. The summed E-state index contributed by atoms with van der Waals surface area (Å²) in [7, 11) is -0.933. The molecule has 0 radical (unpaired) electrons. The van der Waals surface area contributed by atoms with Crippen LogP contribution in [-0.2, 0) is 16.6 Å². The summed E-state index contributed by atoms with van der Waals surface area (Å²) in [6.07, 6.45) is 5.52. The van der Waals surface area contributed by atoms with Gasteiger partial charge in [-0.3, -0.25) is 4.21 Å². The molecule has 1 fully saturated rings. The number of carboxylic acid groups (broad SMARTS) is 1. The summed E-state index contributed by atoms with van der Waals surface area (Å²) >= 11 is 0. The van der Waals surface area contributed by atoms with Crippen LogP contribution in [0.25, 0.3) is 0 Å². The maximum Gasteiger partial charge on any atom is 0.338 e. The first-order chi connectivity index (χ1) is 7.66. The third-order valence-electron chi connectivity index (χ3n) is 2.86. The van der Waals surface area contributed by atoms with Gasteiger partial charge in [-0.05, 0) is 18.9 Å². The lowest BCUT2D eigenvalue weighted by Crippen LogP contribution is -2.11. The summed E-state index contributed by atoms with van der Waals surface area (Å²) < 4.78 is 17.0. The van der Waals surface area contributed by atoms with Crippen molar-refractivity contribution in [3.05, 3.63) is 23.7 Å². The fourth-order valence-corrected chi connectivity index (χ4v) is 3.50. The summed E-state index contributed by atoms with van der Waals surface area (Å²) in [5, 5.41) is 8.97. The minimum Gasteiger partial charge on any atom is -0.478 e. The molecule has 88 valence electrons. The molecule has 0 spiro atoms. The van der Waals surface area contributed by atoms with Crippen LogP contribution in [0, 0.1) is 0 Å². The van der Waals surface area contributed by atoms with E-state index in [0.29, 0.717) is 11.5 Å². The van der Waals surface area contributed by atoms with Crippen LogP contribution < -0.4 is 0 Å². The van der Waals surface area contributed by atoms with Crippen molar-refractivity contribution < 1.29 is 18.5 Å². The molecule has 1 aromatic rings. The van der Waals surface area contributed by atoms with Crippen molar-refractivity contribution in [2.45, 2.75) is 36.7 Å². The maximum atomic E-state index is 11.9. The molecule has 0 bridgehead atoms. The highest BCUT2D eigenvalue weighted by atomic mass is 32.2. The predicted molar refractivity (Wildman–Crippen MR) is 59.8 cm³/mol. The van der Waals surface area contributed by atoms with Gasteiger partial charge >= 0.3 is 5.97 Å². The van der Waals surface area contributed by atoms with Gasteiger partial charge in [0.2, 0.25) is 0 Å². The zero-order valence-electron chi connectivity index (χ0n) is 8.85. The Kier molecular flexibility index (Phi) is 3.43. The molecule has 1 atom stereocenters. The van der Waals surface area contributed by atoms with Crippen LogP contribution in [0.3, 0.4) is 0 Å². The van der Waals surface area contributed by atoms with Crippen molar-refractivity contribution in [1.82, 2.24) is 0 Å². The van der Waals surface area contributed by atoms with E-state index in [1.54, 1.807) is 0 Å². The van der Waals surface area contributed by atoms with Gasteiger partial charge in [-0.1, -0.05) is 12.8 Å². The van der Waals surface area contributed by atoms with Crippen molar-refractivity contribution in [3.63, 3.8) is 0 Å². The van der Waals surface area contributed by atoms with Gasteiger partial charge < -0.3 is 9.52 Å². The lowest BCUT2D eigenvalue weighted by atomic mass is 10.3. The average molecular weight is 242 g/mol. The lowest BCUT2D eigenvalue weighted by Gasteiger charge is -2.06. The number of hydrogen-bond donors (Lipinski definition) is 1. The van der Waals surface area contributed by atoms with E-state index < -0.39 is 16.8 Å². The van der Waals surface area contributed by atoms with Crippen molar-refractivity contribution >= 4 is 16.8 Å². The Bertz CT molecular complexity index is 404. The molecule has 5 heteroatoms. The van der Waals surface area contributed by atoms with E-state index in [0.717, 1.165) is 25.7 Å². The van der Waals surface area contributed by atoms with Crippen LogP contribution in [-0.4, -0.2) is 20.5 Å². The zero-order valence-corrected chi connectivity index (χ0v) is 9.66. The van der Waals surface area contributed by atoms with E-state index in [4.69, 9.17) is 9.52 Å². The number of rotatable bonds is 4. The molecular weight excluding hydrogens is 228 g/mol. The molecule has 1 N–H and O–H groups in total. The second kappa shape index (κ2) is 4.82. The van der Waals surface area contributed by atoms with Crippen LogP contribution in [0.2, 0.25) is 0 Å². The van der Waals surface area contributed by atoms with Crippen molar-refractivity contribution in [2.24, 2.45) is 0 Å². The lowest BCUT2D eigenvalue weighted by molar-refractivity contribution is 0.0696. The second-order valence-electron chi connectivity index (χ2n) is 4.04. The summed E-state index contributed by atoms with van der Waals surface area (Å²) in [6, 6.07) is 1.45. The van der Waals surface area contributed by atoms with Crippen molar-refractivity contribution in [2.75, 3.05) is 0 Å². The van der Waals surface area contributed by atoms with E-state index in [2.05, 4.69) is 0 Å². The molecule has 1 heterocycles. The van der Waals surface area contributed by atoms with Crippen LogP contribution in [0.15, 0.2) is 16.7 Å². The van der Waals surface area contributed by atoms with Crippen LogP contribution in [0.4, 0.5) is 0 Å². The maximum absolute atomic E-state index is 11.9. The Labute approximate surface area is 96.1 Å². The molecular formula is C11H14O4S. The highest BCUT2D eigenvalue weighted by molar-refractivity contribution is 7.84. The van der Waals surface area contributed by atoms with E-state index in [1.165, 1.54) is 12.3 Å². The molecule has 1 aromatic heterocycles. The molecule has 0 aliphatic heterocycles. The zero-order chi connectivity index (χ0) is 11.5. The van der Waals surface area contributed by atoms with Gasteiger partial charge in [-0.25, -0.2) is 4.79 Å². The summed E-state index contributed by atoms with van der Waals surface area (Å²) in [5.74, 6) is -0.179. The van der Waals surface area contributed by atoms with Gasteiger partial charge in [0.05, 0.1) is 11.3 Å². The SMILES string of the molecule is O=C(O)c1coc(CS(=O)C2CCCC2)c1. The third kappa shape index (κ3) is 2.52. The first kappa shape index (κ1) is 11.4. The first-order valence-corrected chi connectivity index (χ1v) is 6.73. The normalized spacial score (nSPS) is 18.8. The van der Waals surface area contributed by atoms with Gasteiger partial charge in [-0.2, -0.15) is 0 Å². The third-order valence-corrected chi connectivity index (χ3v) is 4.64. The Morgan fingerprint density at radius 2 is 2.19 bits per heavy atom. The van der Waals surface area contributed by atoms with E-state index in [9.17, 15) is 9.00 Å². The van der Waals surface area contributed by atoms with Gasteiger partial charge in [0.1, 0.15) is 12.0 Å². The van der Waals surface area contributed by atoms with Gasteiger partial charge in [-0.15, -0.1) is 0 Å². The molecule has 16 heavy (non-hydrogen) atoms. The molecule has 0 saturated heterocycles. The van der Waals surface area contributed by atoms with E-state index in [1.807, 2.05) is 0 Å². The smallest absolute Gasteiger partial charge is 0.338 e. The number of hydrogen-bond acceptors (Lipinski definition) is 3. The summed E-state index contributed by atoms with van der Waals surface area (Å²) in [5.41, 5.74) is 0.124. The Balaban J connectivity index is 1.97. The Morgan fingerprint density at radius 3 is 2.75 bits per heavy atom. The van der Waals surface area contributed by atoms with Crippen LogP contribution in [0.1, 0.15) is 41.8 Å². The molecule has 1 saturated carbocycles. The van der Waals surface area contributed by atoms with Crippen LogP contribution >= 0.6 is 0 Å². The first-order valence-electron chi connectivity index (χ1n) is 5.34. The quantitative estimate of drug-likeness (QED) is 0.878. The Hall–Kier alpha value is -1.10. The monoisotopic (exact) mass is 242 g/mol. The number of carboxylic acids is 1. The number of furan rings is 1. The predicted octanol–water partition coefficient (Wildman–Crippen LogP) is 2.17. The largest absolute Gasteiger partial charge is 0.478 e. The Morgan fingerprint density at radius 1 is 1.50 bits per heavy atom. The topological polar surface area (TPSA) is 67.5 Å². The molecule has 1 aliphatic carbocycles. The van der Waals surface area contributed by atoms with Gasteiger partial charge in [0.25, 0.3) is 0 Å². The van der Waals surface area contributed by atoms with Crippen molar-refractivity contribution in [1.29, 1.82) is 0 Å². The standard InChI is InChI=1S/C11H14O4S/c12-11(13)8-5-9(15-6-8)7-16(14)10-3-1-2-4-10/h5-6,10H,1-4,7H2,(H,12,13). The molecule has 2 rings (SSSR count). The molecule has 1 unspecified atom stereocenters. The van der Waals surface area contributed by atoms with Gasteiger partial charge in [0.15, 0.2) is 0 Å². The highest BCUT2D eigenvalue weighted by Gasteiger charge is 2.22. The van der Waals surface area contributed by atoms with Crippen molar-refractivity contribution in [3.8, 4) is 0 Å². The highest BCUT2D eigenvalue weighted by Crippen LogP contribution is 2.25. The molecule has 0 amide bonds. The number of carbonyl (C=O) groups is 1. The van der Waals surface area contributed by atoms with E-state index in [-0.39, 0.29) is 10.8 Å². The van der Waals surface area contributed by atoms with E-state index >= 15 is 0 Å². The van der Waals surface area contributed by atoms with Crippen LogP contribution in [0.5, 0.6) is 0 Å². The molecule has 4 nitrogen and oxygen atoms in total. The summed E-state index contributed by atoms with van der Waals surface area (Å²) in [6.45, 7) is 0. The fourth-order valence-electron chi connectivity index (χ4n) is 1.98. The molecule has 0 aromatic carbocycles. The minimum atomic E-state index is -1.01. The minimum absolute atomic E-state index is 0.124. The number of aromatic carboxylic acids is 1. The average Bonchev–Trinajstić information content (AvgIpc) is 2.87.